The van der Waals surface area contributed by atoms with E-state index in [1.165, 1.54) is 24.2 Å². The second kappa shape index (κ2) is 4.13. The molecule has 0 atom stereocenters. The number of nitrogens with two attached hydrogens (primary N) is 1. The van der Waals surface area contributed by atoms with E-state index in [4.69, 9.17) is 5.73 Å². The molecule has 1 heterocycles. The summed E-state index contributed by atoms with van der Waals surface area (Å²) in [5, 5.41) is 4.59. The van der Waals surface area contributed by atoms with Gasteiger partial charge in [-0.15, -0.1) is 0 Å². The summed E-state index contributed by atoms with van der Waals surface area (Å²) in [5.74, 6) is 0.800. The molecular weight excluding hydrogens is 174 g/mol. The van der Waals surface area contributed by atoms with Crippen molar-refractivity contribution in [2.24, 2.45) is 5.73 Å². The molecule has 1 fully saturated rings. The molecule has 14 heavy (non-hydrogen) atoms. The summed E-state index contributed by atoms with van der Waals surface area (Å²) in [7, 11) is 0. The number of hydrogen-bond donors (Lipinski definition) is 1. The van der Waals surface area contributed by atoms with Crippen LogP contribution < -0.4 is 5.73 Å². The third-order valence-electron chi connectivity index (χ3n) is 2.79. The molecule has 2 rings (SSSR count). The van der Waals surface area contributed by atoms with E-state index < -0.39 is 0 Å². The van der Waals surface area contributed by atoms with Crippen LogP contribution >= 0.6 is 0 Å². The predicted octanol–water partition coefficient (Wildman–Crippen LogP) is 1.67. The number of nitrogens with zero attached hydrogens (tertiary/aromatic N) is 2. The van der Waals surface area contributed by atoms with Crippen LogP contribution in [0.3, 0.4) is 0 Å². The summed E-state index contributed by atoms with van der Waals surface area (Å²) in [5.41, 5.74) is 8.16. The van der Waals surface area contributed by atoms with E-state index in [9.17, 15) is 0 Å². The molecule has 2 N–H and O–H groups in total. The van der Waals surface area contributed by atoms with E-state index in [0.29, 0.717) is 0 Å². The Labute approximate surface area is 85.3 Å². The van der Waals surface area contributed by atoms with Crippen LogP contribution in [0.1, 0.15) is 43.5 Å². The summed E-state index contributed by atoms with van der Waals surface area (Å²) in [6, 6.07) is 2.27. The number of rotatable bonds is 5. The smallest absolute Gasteiger partial charge is 0.0628 e. The van der Waals surface area contributed by atoms with Crippen molar-refractivity contribution in [1.29, 1.82) is 0 Å². The van der Waals surface area contributed by atoms with Crippen LogP contribution in [0.25, 0.3) is 0 Å². The van der Waals surface area contributed by atoms with Crippen LogP contribution in [-0.2, 0) is 13.0 Å². The first kappa shape index (κ1) is 9.71. The van der Waals surface area contributed by atoms with Gasteiger partial charge in [0.15, 0.2) is 0 Å². The topological polar surface area (TPSA) is 43.8 Å². The van der Waals surface area contributed by atoms with Gasteiger partial charge in [0, 0.05) is 18.2 Å². The van der Waals surface area contributed by atoms with Crippen LogP contribution in [0.4, 0.5) is 0 Å². The van der Waals surface area contributed by atoms with Gasteiger partial charge in [0.05, 0.1) is 5.69 Å². The molecule has 0 bridgehead atoms. The zero-order valence-corrected chi connectivity index (χ0v) is 8.87. The maximum Gasteiger partial charge on any atom is 0.0628 e. The molecule has 78 valence electrons. The highest BCUT2D eigenvalue weighted by Crippen LogP contribution is 2.40. The normalized spacial score (nSPS) is 16.1. The molecule has 1 saturated carbocycles. The number of aryl methyl sites for hydroxylation is 2. The van der Waals surface area contributed by atoms with E-state index in [2.05, 4.69) is 22.8 Å². The molecule has 1 aliphatic carbocycles. The zero-order chi connectivity index (χ0) is 9.97. The minimum Gasteiger partial charge on any atom is -0.330 e. The number of hydrogen-bond acceptors (Lipinski definition) is 2. The molecular formula is C11H19N3. The fourth-order valence-electron chi connectivity index (χ4n) is 1.85. The van der Waals surface area contributed by atoms with Crippen molar-refractivity contribution >= 4 is 0 Å². The maximum absolute atomic E-state index is 5.49. The quantitative estimate of drug-likeness (QED) is 0.773. The van der Waals surface area contributed by atoms with Gasteiger partial charge in [0.25, 0.3) is 0 Å². The summed E-state index contributed by atoms with van der Waals surface area (Å²) in [6.45, 7) is 3.91. The Kier molecular flexibility index (Phi) is 2.87. The highest BCUT2D eigenvalue weighted by atomic mass is 15.3. The van der Waals surface area contributed by atoms with Crippen molar-refractivity contribution in [3.63, 3.8) is 0 Å². The fourth-order valence-corrected chi connectivity index (χ4v) is 1.85. The third kappa shape index (κ3) is 1.98. The lowest BCUT2D eigenvalue weighted by atomic mass is 10.2. The summed E-state index contributed by atoms with van der Waals surface area (Å²) < 4.78 is 2.16. The predicted molar refractivity (Wildman–Crippen MR) is 57.3 cm³/mol. The van der Waals surface area contributed by atoms with Crippen molar-refractivity contribution in [1.82, 2.24) is 9.78 Å². The Morgan fingerprint density at radius 3 is 2.93 bits per heavy atom. The van der Waals surface area contributed by atoms with Crippen molar-refractivity contribution in [2.45, 2.75) is 45.1 Å². The van der Waals surface area contributed by atoms with Gasteiger partial charge in [0.2, 0.25) is 0 Å². The molecule has 1 aromatic heterocycles. The van der Waals surface area contributed by atoms with Gasteiger partial charge >= 0.3 is 0 Å². The highest BCUT2D eigenvalue weighted by molar-refractivity contribution is 5.19. The minimum atomic E-state index is 0.762. The average Bonchev–Trinajstić information content (AvgIpc) is 2.96. The van der Waals surface area contributed by atoms with Crippen molar-refractivity contribution < 1.29 is 0 Å². The Bertz CT molecular complexity index is 299. The minimum absolute atomic E-state index is 0.762. The first-order valence-electron chi connectivity index (χ1n) is 5.61. The van der Waals surface area contributed by atoms with Crippen molar-refractivity contribution in [3.05, 3.63) is 17.5 Å². The van der Waals surface area contributed by atoms with E-state index in [-0.39, 0.29) is 0 Å². The molecule has 0 radical (unpaired) electrons. The zero-order valence-electron chi connectivity index (χ0n) is 8.87. The lowest BCUT2D eigenvalue weighted by Gasteiger charge is -2.00. The first-order valence-corrected chi connectivity index (χ1v) is 5.61. The second-order valence-electron chi connectivity index (χ2n) is 4.04. The van der Waals surface area contributed by atoms with E-state index in [1.54, 1.807) is 0 Å². The first-order chi connectivity index (χ1) is 6.85. The maximum atomic E-state index is 5.49. The molecule has 0 amide bonds. The highest BCUT2D eigenvalue weighted by Gasteiger charge is 2.27. The Morgan fingerprint density at radius 1 is 1.57 bits per heavy atom. The van der Waals surface area contributed by atoms with Crippen molar-refractivity contribution in [3.8, 4) is 0 Å². The van der Waals surface area contributed by atoms with Gasteiger partial charge in [-0.2, -0.15) is 5.10 Å². The van der Waals surface area contributed by atoms with Gasteiger partial charge in [-0.25, -0.2) is 0 Å². The van der Waals surface area contributed by atoms with Gasteiger partial charge in [0.1, 0.15) is 0 Å². The SMILES string of the molecule is CCn1nc(CCCN)cc1C1CC1. The van der Waals surface area contributed by atoms with Crippen LogP contribution in [-0.4, -0.2) is 16.3 Å². The molecule has 0 spiro atoms. The largest absolute Gasteiger partial charge is 0.330 e. The van der Waals surface area contributed by atoms with Crippen LogP contribution in [0.2, 0.25) is 0 Å². The molecule has 1 aromatic rings. The molecule has 3 heteroatoms. The standard InChI is InChI=1S/C11H19N3/c1-2-14-11(9-5-6-9)8-10(13-14)4-3-7-12/h8-9H,2-7,12H2,1H3. The van der Waals surface area contributed by atoms with Gasteiger partial charge in [-0.1, -0.05) is 0 Å². The van der Waals surface area contributed by atoms with Crippen LogP contribution in [0.15, 0.2) is 6.07 Å². The fraction of sp³-hybridized carbons (Fsp3) is 0.727. The molecule has 3 nitrogen and oxygen atoms in total. The molecule has 0 aromatic carbocycles. The van der Waals surface area contributed by atoms with Crippen LogP contribution in [0.5, 0.6) is 0 Å². The van der Waals surface area contributed by atoms with E-state index in [0.717, 1.165) is 31.8 Å². The van der Waals surface area contributed by atoms with Gasteiger partial charge < -0.3 is 5.73 Å². The summed E-state index contributed by atoms with van der Waals surface area (Å²) >= 11 is 0. The third-order valence-corrected chi connectivity index (χ3v) is 2.79. The monoisotopic (exact) mass is 193 g/mol. The molecule has 0 saturated heterocycles. The Balaban J connectivity index is 2.09. The Morgan fingerprint density at radius 2 is 2.36 bits per heavy atom. The van der Waals surface area contributed by atoms with Gasteiger partial charge in [-0.05, 0) is 45.2 Å². The second-order valence-corrected chi connectivity index (χ2v) is 4.04. The van der Waals surface area contributed by atoms with Crippen molar-refractivity contribution in [2.75, 3.05) is 6.54 Å². The van der Waals surface area contributed by atoms with Gasteiger partial charge in [-0.3, -0.25) is 4.68 Å². The molecule has 0 aliphatic heterocycles. The molecule has 0 unspecified atom stereocenters. The Hall–Kier alpha value is -0.830. The average molecular weight is 193 g/mol. The summed E-state index contributed by atoms with van der Waals surface area (Å²) in [6.07, 6.45) is 4.78. The lowest BCUT2D eigenvalue weighted by Crippen LogP contribution is -2.03. The molecule has 1 aliphatic rings. The van der Waals surface area contributed by atoms with E-state index >= 15 is 0 Å². The lowest BCUT2D eigenvalue weighted by molar-refractivity contribution is 0.611. The van der Waals surface area contributed by atoms with E-state index in [1.807, 2.05) is 0 Å². The van der Waals surface area contributed by atoms with Crippen LogP contribution in [0, 0.1) is 0 Å². The summed E-state index contributed by atoms with van der Waals surface area (Å²) in [4.78, 5) is 0. The number of aromatic nitrogens is 2.